The first kappa shape index (κ1) is 18.7. The maximum Gasteiger partial charge on any atom is 0.237 e. The fraction of sp³-hybridized carbons (Fsp3) is 0.500. The molecule has 0 spiro atoms. The van der Waals surface area contributed by atoms with Gasteiger partial charge in [0.1, 0.15) is 21.7 Å². The SMILES string of the molecule is CC(CNC(=O)C(N)CCS(C)(=O)=O)Oc1cccc(Cl)c1. The molecule has 6 nitrogen and oxygen atoms in total. The first-order valence-corrected chi connectivity index (χ1v) is 9.24. The molecule has 0 heterocycles. The molecule has 22 heavy (non-hydrogen) atoms. The number of nitrogens with one attached hydrogen (secondary N) is 1. The second-order valence-corrected chi connectivity index (χ2v) is 7.85. The standard InChI is InChI=1S/C14H21ClN2O4S/c1-10(21-12-5-3-4-11(15)8-12)9-17-14(18)13(16)6-7-22(2,19)20/h3-5,8,10,13H,6-7,9,16H2,1-2H3,(H,17,18). The molecule has 0 aliphatic heterocycles. The normalized spacial score (nSPS) is 14.2. The number of hydrogen-bond acceptors (Lipinski definition) is 5. The van der Waals surface area contributed by atoms with Gasteiger partial charge in [-0.1, -0.05) is 17.7 Å². The van der Waals surface area contributed by atoms with E-state index in [1.165, 1.54) is 0 Å². The van der Waals surface area contributed by atoms with Crippen LogP contribution in [-0.4, -0.2) is 45.0 Å². The van der Waals surface area contributed by atoms with Gasteiger partial charge in [0.05, 0.1) is 18.3 Å². The summed E-state index contributed by atoms with van der Waals surface area (Å²) in [6.07, 6.45) is 0.928. The van der Waals surface area contributed by atoms with E-state index in [-0.39, 0.29) is 24.8 Å². The highest BCUT2D eigenvalue weighted by atomic mass is 35.5. The van der Waals surface area contributed by atoms with E-state index in [2.05, 4.69) is 5.32 Å². The number of carbonyl (C=O) groups is 1. The van der Waals surface area contributed by atoms with Gasteiger partial charge < -0.3 is 15.8 Å². The van der Waals surface area contributed by atoms with Crippen LogP contribution in [0.15, 0.2) is 24.3 Å². The molecule has 2 unspecified atom stereocenters. The van der Waals surface area contributed by atoms with Crippen LogP contribution in [0.25, 0.3) is 0 Å². The van der Waals surface area contributed by atoms with Gasteiger partial charge >= 0.3 is 0 Å². The molecule has 0 saturated carbocycles. The summed E-state index contributed by atoms with van der Waals surface area (Å²) in [4.78, 5) is 11.8. The van der Waals surface area contributed by atoms with Crippen molar-refractivity contribution < 1.29 is 17.9 Å². The minimum Gasteiger partial charge on any atom is -0.489 e. The molecule has 1 rings (SSSR count). The molecule has 1 aromatic carbocycles. The van der Waals surface area contributed by atoms with Crippen molar-refractivity contribution in [3.05, 3.63) is 29.3 Å². The summed E-state index contributed by atoms with van der Waals surface area (Å²) in [7, 11) is -3.13. The number of nitrogens with two attached hydrogens (primary N) is 1. The monoisotopic (exact) mass is 348 g/mol. The average molecular weight is 349 g/mol. The lowest BCUT2D eigenvalue weighted by Gasteiger charge is -2.17. The molecule has 0 fully saturated rings. The summed E-state index contributed by atoms with van der Waals surface area (Å²) in [5, 5.41) is 3.20. The Labute approximate surface area is 135 Å². The van der Waals surface area contributed by atoms with Gasteiger partial charge in [-0.05, 0) is 31.5 Å². The molecular formula is C14H21ClN2O4S. The van der Waals surface area contributed by atoms with Gasteiger partial charge in [-0.3, -0.25) is 4.79 Å². The Morgan fingerprint density at radius 1 is 1.45 bits per heavy atom. The van der Waals surface area contributed by atoms with Gasteiger partial charge in [-0.2, -0.15) is 0 Å². The molecule has 0 radical (unpaired) electrons. The summed E-state index contributed by atoms with van der Waals surface area (Å²) >= 11 is 5.85. The second-order valence-electron chi connectivity index (χ2n) is 5.16. The predicted molar refractivity (Wildman–Crippen MR) is 86.9 cm³/mol. The number of amides is 1. The first-order chi connectivity index (χ1) is 10.2. The van der Waals surface area contributed by atoms with Crippen LogP contribution < -0.4 is 15.8 Å². The number of ether oxygens (including phenoxy) is 1. The topological polar surface area (TPSA) is 98.5 Å². The number of hydrogen-bond donors (Lipinski definition) is 2. The van der Waals surface area contributed by atoms with Gasteiger partial charge in [0, 0.05) is 11.3 Å². The Morgan fingerprint density at radius 3 is 2.73 bits per heavy atom. The lowest BCUT2D eigenvalue weighted by atomic mass is 10.2. The van der Waals surface area contributed by atoms with E-state index in [4.69, 9.17) is 22.1 Å². The number of halogens is 1. The Morgan fingerprint density at radius 2 is 2.14 bits per heavy atom. The summed E-state index contributed by atoms with van der Waals surface area (Å²) in [6, 6.07) is 6.10. The first-order valence-electron chi connectivity index (χ1n) is 6.80. The summed E-state index contributed by atoms with van der Waals surface area (Å²) in [5.41, 5.74) is 5.65. The third-order valence-electron chi connectivity index (χ3n) is 2.83. The smallest absolute Gasteiger partial charge is 0.237 e. The largest absolute Gasteiger partial charge is 0.489 e. The van der Waals surface area contributed by atoms with E-state index in [1.54, 1.807) is 31.2 Å². The highest BCUT2D eigenvalue weighted by Crippen LogP contribution is 2.18. The van der Waals surface area contributed by atoms with Crippen molar-refractivity contribution in [2.75, 3.05) is 18.6 Å². The van der Waals surface area contributed by atoms with Crippen molar-refractivity contribution in [2.45, 2.75) is 25.5 Å². The van der Waals surface area contributed by atoms with Crippen LogP contribution >= 0.6 is 11.6 Å². The Balaban J connectivity index is 2.36. The third kappa shape index (κ3) is 7.63. The van der Waals surface area contributed by atoms with Gasteiger partial charge in [0.2, 0.25) is 5.91 Å². The fourth-order valence-electron chi connectivity index (χ4n) is 1.66. The Kier molecular flexibility index (Phi) is 7.12. The van der Waals surface area contributed by atoms with E-state index in [1.807, 2.05) is 0 Å². The number of benzene rings is 1. The molecule has 2 atom stereocenters. The zero-order valence-corrected chi connectivity index (χ0v) is 14.2. The third-order valence-corrected chi connectivity index (χ3v) is 4.05. The highest BCUT2D eigenvalue weighted by molar-refractivity contribution is 7.90. The van der Waals surface area contributed by atoms with Gasteiger partial charge in [0.25, 0.3) is 0 Å². The van der Waals surface area contributed by atoms with E-state index >= 15 is 0 Å². The molecule has 8 heteroatoms. The van der Waals surface area contributed by atoms with Crippen LogP contribution in [-0.2, 0) is 14.6 Å². The summed E-state index contributed by atoms with van der Waals surface area (Å²) in [6.45, 7) is 2.06. The molecule has 0 aliphatic carbocycles. The van der Waals surface area contributed by atoms with Crippen molar-refractivity contribution in [3.63, 3.8) is 0 Å². The van der Waals surface area contributed by atoms with Crippen molar-refractivity contribution in [2.24, 2.45) is 5.73 Å². The van der Waals surface area contributed by atoms with E-state index in [0.717, 1.165) is 6.26 Å². The molecular weight excluding hydrogens is 328 g/mol. The number of rotatable bonds is 8. The minimum absolute atomic E-state index is 0.0915. The molecule has 3 N–H and O–H groups in total. The van der Waals surface area contributed by atoms with Gasteiger partial charge in [-0.25, -0.2) is 8.42 Å². The minimum atomic E-state index is -3.13. The van der Waals surface area contributed by atoms with Gasteiger partial charge in [0.15, 0.2) is 0 Å². The van der Waals surface area contributed by atoms with Crippen LogP contribution in [0.1, 0.15) is 13.3 Å². The molecule has 1 amide bonds. The molecule has 124 valence electrons. The molecule has 0 saturated heterocycles. The van der Waals surface area contributed by atoms with Crippen LogP contribution in [0.3, 0.4) is 0 Å². The van der Waals surface area contributed by atoms with E-state index in [9.17, 15) is 13.2 Å². The molecule has 0 bridgehead atoms. The highest BCUT2D eigenvalue weighted by Gasteiger charge is 2.16. The van der Waals surface area contributed by atoms with Crippen molar-refractivity contribution in [3.8, 4) is 5.75 Å². The Bertz CT molecular complexity index is 607. The zero-order valence-electron chi connectivity index (χ0n) is 12.6. The maximum atomic E-state index is 11.8. The molecule has 0 aromatic heterocycles. The summed E-state index contributed by atoms with van der Waals surface area (Å²) in [5.74, 6) is 0.0942. The van der Waals surface area contributed by atoms with Gasteiger partial charge in [-0.15, -0.1) is 0 Å². The average Bonchev–Trinajstić information content (AvgIpc) is 2.41. The van der Waals surface area contributed by atoms with Crippen molar-refractivity contribution in [1.29, 1.82) is 0 Å². The van der Waals surface area contributed by atoms with E-state index in [0.29, 0.717) is 10.8 Å². The van der Waals surface area contributed by atoms with E-state index < -0.39 is 21.8 Å². The van der Waals surface area contributed by atoms with Crippen molar-refractivity contribution in [1.82, 2.24) is 5.32 Å². The lowest BCUT2D eigenvalue weighted by Crippen LogP contribution is -2.44. The summed E-state index contributed by atoms with van der Waals surface area (Å²) < 4.78 is 27.7. The fourth-order valence-corrected chi connectivity index (χ4v) is 2.52. The zero-order chi connectivity index (χ0) is 16.8. The molecule has 1 aromatic rings. The van der Waals surface area contributed by atoms with Crippen LogP contribution in [0.5, 0.6) is 5.75 Å². The van der Waals surface area contributed by atoms with Crippen LogP contribution in [0.4, 0.5) is 0 Å². The second kappa shape index (κ2) is 8.36. The number of sulfone groups is 1. The van der Waals surface area contributed by atoms with Crippen molar-refractivity contribution >= 4 is 27.3 Å². The van der Waals surface area contributed by atoms with Crippen LogP contribution in [0, 0.1) is 0 Å². The lowest BCUT2D eigenvalue weighted by molar-refractivity contribution is -0.122. The maximum absolute atomic E-state index is 11.8. The van der Waals surface area contributed by atoms with Crippen LogP contribution in [0.2, 0.25) is 5.02 Å². The Hall–Kier alpha value is -1.31. The predicted octanol–water partition coefficient (Wildman–Crippen LogP) is 0.986. The quantitative estimate of drug-likeness (QED) is 0.729. The molecule has 0 aliphatic rings. The number of carbonyl (C=O) groups excluding carboxylic acids is 1.